The average Bonchev–Trinajstić information content (AvgIpc) is 3.11. The van der Waals surface area contributed by atoms with Crippen LogP contribution in [0.3, 0.4) is 0 Å². The van der Waals surface area contributed by atoms with Crippen LogP contribution in [0.5, 0.6) is 11.5 Å². The normalized spacial score (nSPS) is 11.9. The van der Waals surface area contributed by atoms with Crippen molar-refractivity contribution in [3.05, 3.63) is 53.9 Å². The van der Waals surface area contributed by atoms with Gasteiger partial charge in [0.05, 0.1) is 0 Å². The second-order valence-electron chi connectivity index (χ2n) is 6.02. The Morgan fingerprint density at radius 3 is 2.81 bits per heavy atom. The van der Waals surface area contributed by atoms with Crippen molar-refractivity contribution < 1.29 is 19.1 Å². The lowest BCUT2D eigenvalue weighted by Crippen LogP contribution is -2.33. The molecule has 0 aliphatic carbocycles. The molecular weight excluding hydrogens is 334 g/mol. The van der Waals surface area contributed by atoms with Gasteiger partial charge in [-0.2, -0.15) is 0 Å². The van der Waals surface area contributed by atoms with Gasteiger partial charge >= 0.3 is 0 Å². The fourth-order valence-corrected chi connectivity index (χ4v) is 2.64. The summed E-state index contributed by atoms with van der Waals surface area (Å²) in [5.41, 5.74) is 1.87. The molecule has 3 rings (SSSR count). The van der Waals surface area contributed by atoms with Crippen molar-refractivity contribution in [2.75, 3.05) is 13.3 Å². The summed E-state index contributed by atoms with van der Waals surface area (Å²) < 4.78 is 10.6. The van der Waals surface area contributed by atoms with E-state index in [2.05, 4.69) is 10.3 Å². The van der Waals surface area contributed by atoms with E-state index in [1.54, 1.807) is 17.3 Å². The SMILES string of the molecule is CC(=O)N(CCC(=O)NCc1cccnc1)Cc1ccc2c(c1)OCO2. The number of nitrogens with one attached hydrogen (secondary N) is 1. The molecule has 1 aliphatic heterocycles. The second-order valence-corrected chi connectivity index (χ2v) is 6.02. The van der Waals surface area contributed by atoms with Crippen LogP contribution in [0.15, 0.2) is 42.7 Å². The fraction of sp³-hybridized carbons (Fsp3) is 0.316. The highest BCUT2D eigenvalue weighted by Gasteiger charge is 2.16. The number of hydrogen-bond donors (Lipinski definition) is 1. The second kappa shape index (κ2) is 8.33. The van der Waals surface area contributed by atoms with Gasteiger partial charge in [-0.3, -0.25) is 14.6 Å². The van der Waals surface area contributed by atoms with Crippen molar-refractivity contribution >= 4 is 11.8 Å². The summed E-state index contributed by atoms with van der Waals surface area (Å²) in [6.45, 7) is 2.91. The van der Waals surface area contributed by atoms with E-state index in [1.165, 1.54) is 6.92 Å². The number of aromatic nitrogens is 1. The lowest BCUT2D eigenvalue weighted by atomic mass is 10.2. The number of ether oxygens (including phenoxy) is 2. The fourth-order valence-electron chi connectivity index (χ4n) is 2.64. The van der Waals surface area contributed by atoms with Crippen LogP contribution in [0.1, 0.15) is 24.5 Å². The van der Waals surface area contributed by atoms with Gasteiger partial charge in [-0.05, 0) is 29.3 Å². The molecule has 0 saturated heterocycles. The van der Waals surface area contributed by atoms with Crippen LogP contribution in [-0.4, -0.2) is 35.0 Å². The minimum absolute atomic E-state index is 0.0808. The number of rotatable bonds is 7. The maximum atomic E-state index is 12.0. The zero-order valence-corrected chi connectivity index (χ0v) is 14.6. The van der Waals surface area contributed by atoms with Crippen molar-refractivity contribution in [2.24, 2.45) is 0 Å². The third kappa shape index (κ3) is 4.72. The largest absolute Gasteiger partial charge is 0.454 e. The lowest BCUT2D eigenvalue weighted by Gasteiger charge is -2.21. The highest BCUT2D eigenvalue weighted by atomic mass is 16.7. The molecule has 0 fully saturated rings. The smallest absolute Gasteiger partial charge is 0.231 e. The van der Waals surface area contributed by atoms with Crippen LogP contribution in [0.2, 0.25) is 0 Å². The van der Waals surface area contributed by atoms with E-state index in [-0.39, 0.29) is 25.0 Å². The minimum atomic E-state index is -0.106. The van der Waals surface area contributed by atoms with Gasteiger partial charge in [0, 0.05) is 45.4 Å². The average molecular weight is 355 g/mol. The maximum Gasteiger partial charge on any atom is 0.231 e. The van der Waals surface area contributed by atoms with Crippen LogP contribution in [-0.2, 0) is 22.7 Å². The Bertz CT molecular complexity index is 780. The molecule has 1 aromatic carbocycles. The molecule has 1 N–H and O–H groups in total. The molecule has 7 heteroatoms. The highest BCUT2D eigenvalue weighted by Crippen LogP contribution is 2.32. The van der Waals surface area contributed by atoms with Gasteiger partial charge in [0.1, 0.15) is 0 Å². The lowest BCUT2D eigenvalue weighted by molar-refractivity contribution is -0.130. The van der Waals surface area contributed by atoms with Gasteiger partial charge < -0.3 is 19.7 Å². The van der Waals surface area contributed by atoms with E-state index in [0.29, 0.717) is 31.1 Å². The van der Waals surface area contributed by atoms with Gasteiger partial charge in [0.15, 0.2) is 11.5 Å². The van der Waals surface area contributed by atoms with Gasteiger partial charge in [-0.25, -0.2) is 0 Å². The first-order chi connectivity index (χ1) is 12.6. The van der Waals surface area contributed by atoms with Gasteiger partial charge in [-0.15, -0.1) is 0 Å². The molecular formula is C19H21N3O4. The summed E-state index contributed by atoms with van der Waals surface area (Å²) in [6.07, 6.45) is 3.64. The molecule has 0 bridgehead atoms. The first-order valence-corrected chi connectivity index (χ1v) is 8.41. The van der Waals surface area contributed by atoms with Gasteiger partial charge in [0.25, 0.3) is 0 Å². The first kappa shape index (κ1) is 17.7. The van der Waals surface area contributed by atoms with Crippen LogP contribution in [0.4, 0.5) is 0 Å². The Balaban J connectivity index is 1.50. The number of carbonyl (C=O) groups excluding carboxylic acids is 2. The summed E-state index contributed by atoms with van der Waals surface area (Å²) in [5, 5.41) is 2.84. The Morgan fingerprint density at radius 1 is 1.19 bits per heavy atom. The van der Waals surface area contributed by atoms with E-state index in [0.717, 1.165) is 11.1 Å². The minimum Gasteiger partial charge on any atom is -0.454 e. The number of hydrogen-bond acceptors (Lipinski definition) is 5. The Labute approximate surface area is 151 Å². The van der Waals surface area contributed by atoms with Gasteiger partial charge in [-0.1, -0.05) is 12.1 Å². The van der Waals surface area contributed by atoms with Crippen LogP contribution in [0.25, 0.3) is 0 Å². The molecule has 0 atom stereocenters. The molecule has 0 unspecified atom stereocenters. The Kier molecular flexibility index (Phi) is 5.68. The molecule has 136 valence electrons. The van der Waals surface area contributed by atoms with E-state index in [1.807, 2.05) is 30.3 Å². The summed E-state index contributed by atoms with van der Waals surface area (Å²) in [7, 11) is 0. The number of nitrogens with zero attached hydrogens (tertiary/aromatic N) is 2. The molecule has 7 nitrogen and oxygen atoms in total. The van der Waals surface area contributed by atoms with Crippen LogP contribution < -0.4 is 14.8 Å². The number of fused-ring (bicyclic) bond motifs is 1. The number of pyridine rings is 1. The van der Waals surface area contributed by atoms with Crippen LogP contribution >= 0.6 is 0 Å². The number of benzene rings is 1. The topological polar surface area (TPSA) is 80.8 Å². The van der Waals surface area contributed by atoms with Crippen molar-refractivity contribution in [3.8, 4) is 11.5 Å². The highest BCUT2D eigenvalue weighted by molar-refractivity contribution is 5.78. The molecule has 1 aliphatic rings. The van der Waals surface area contributed by atoms with E-state index in [9.17, 15) is 9.59 Å². The molecule has 26 heavy (non-hydrogen) atoms. The zero-order valence-electron chi connectivity index (χ0n) is 14.6. The molecule has 0 saturated carbocycles. The number of amides is 2. The van der Waals surface area contributed by atoms with Crippen molar-refractivity contribution in [1.82, 2.24) is 15.2 Å². The first-order valence-electron chi connectivity index (χ1n) is 8.41. The predicted molar refractivity (Wildman–Crippen MR) is 94.4 cm³/mol. The Hall–Kier alpha value is -3.09. The molecule has 2 aromatic rings. The number of carbonyl (C=O) groups is 2. The molecule has 2 heterocycles. The van der Waals surface area contributed by atoms with E-state index >= 15 is 0 Å². The summed E-state index contributed by atoms with van der Waals surface area (Å²) >= 11 is 0. The predicted octanol–water partition coefficient (Wildman–Crippen LogP) is 1.87. The van der Waals surface area contributed by atoms with Crippen molar-refractivity contribution in [1.29, 1.82) is 0 Å². The molecule has 0 radical (unpaired) electrons. The van der Waals surface area contributed by atoms with Gasteiger partial charge in [0.2, 0.25) is 18.6 Å². The van der Waals surface area contributed by atoms with Crippen LogP contribution in [0, 0.1) is 0 Å². The quantitative estimate of drug-likeness (QED) is 0.820. The van der Waals surface area contributed by atoms with E-state index < -0.39 is 0 Å². The Morgan fingerprint density at radius 2 is 2.04 bits per heavy atom. The van der Waals surface area contributed by atoms with Crippen molar-refractivity contribution in [3.63, 3.8) is 0 Å². The molecule has 1 aromatic heterocycles. The summed E-state index contributed by atoms with van der Waals surface area (Å²) in [4.78, 5) is 29.6. The summed E-state index contributed by atoms with van der Waals surface area (Å²) in [6, 6.07) is 9.31. The maximum absolute atomic E-state index is 12.0. The van der Waals surface area contributed by atoms with Crippen molar-refractivity contribution in [2.45, 2.75) is 26.4 Å². The third-order valence-corrected chi connectivity index (χ3v) is 4.08. The molecule has 2 amide bonds. The zero-order chi connectivity index (χ0) is 18.4. The monoisotopic (exact) mass is 355 g/mol. The summed E-state index contributed by atoms with van der Waals surface area (Å²) in [5.74, 6) is 1.20. The van der Waals surface area contributed by atoms with E-state index in [4.69, 9.17) is 9.47 Å². The third-order valence-electron chi connectivity index (χ3n) is 4.08. The standard InChI is InChI=1S/C19H21N3O4/c1-14(23)22(12-15-4-5-17-18(9-15)26-13-25-17)8-6-19(24)21-11-16-3-2-7-20-10-16/h2-5,7,9-10H,6,8,11-13H2,1H3,(H,21,24). The molecule has 0 spiro atoms.